The third-order valence-corrected chi connectivity index (χ3v) is 6.28. The normalized spacial score (nSPS) is 28.9. The lowest BCUT2D eigenvalue weighted by molar-refractivity contribution is -0.312. The molecule has 1 rings (SSSR count). The largest absolute Gasteiger partial charge is 0.506 e. The molecule has 1 aliphatic rings. The van der Waals surface area contributed by atoms with Crippen molar-refractivity contribution in [2.24, 2.45) is 0 Å². The molecule has 17 heteroatoms. The molecule has 240 valence electrons. The molecule has 0 aromatic heterocycles. The molecular formula is C24H43NO16. The average molecular weight is 602 g/mol. The van der Waals surface area contributed by atoms with Crippen LogP contribution in [0.3, 0.4) is 0 Å². The second-order valence-corrected chi connectivity index (χ2v) is 9.81. The quantitative estimate of drug-likeness (QED) is 0.0618. The Morgan fingerprint density at radius 3 is 2.12 bits per heavy atom. The molecule has 1 amide bonds. The molecule has 0 bridgehead atoms. The van der Waals surface area contributed by atoms with E-state index in [1.54, 1.807) is 0 Å². The van der Waals surface area contributed by atoms with E-state index in [2.05, 4.69) is 5.32 Å². The summed E-state index contributed by atoms with van der Waals surface area (Å²) in [6.07, 6.45) is -14.7. The minimum Gasteiger partial charge on any atom is -0.506 e. The van der Waals surface area contributed by atoms with E-state index < -0.39 is 122 Å². The number of nitrogens with one attached hydrogen (secondary N) is 1. The molecule has 10 atom stereocenters. The first kappa shape index (κ1) is 36.7. The molecule has 0 saturated carbocycles. The van der Waals surface area contributed by atoms with Gasteiger partial charge in [0.05, 0.1) is 25.4 Å². The second kappa shape index (κ2) is 16.4. The van der Waals surface area contributed by atoms with Crippen molar-refractivity contribution in [1.82, 2.24) is 5.32 Å². The van der Waals surface area contributed by atoms with E-state index >= 15 is 0 Å². The number of aliphatic hydroxyl groups excluding tert-OH is 12. The zero-order valence-corrected chi connectivity index (χ0v) is 22.9. The van der Waals surface area contributed by atoms with Gasteiger partial charge in [0.25, 0.3) is 0 Å². The van der Waals surface area contributed by atoms with Gasteiger partial charge in [-0.1, -0.05) is 0 Å². The zero-order chi connectivity index (χ0) is 31.7. The van der Waals surface area contributed by atoms with Crippen LogP contribution in [-0.2, 0) is 19.0 Å². The standard InChI is InChI=1S/C24H43NO16/c1-10(28)17(33)20(36)15(4-6-26)40-23(38)21(37)18(34)12(30)5-7-39-24(3)8-13(31)16(25-11(2)29)22(41-24)19(35)14(32)9-27/h10,12-16,19,22-23,26-28,30-38H,4-9H2,1-3H3,(H,25,29). The maximum Gasteiger partial charge on any atom is 0.218 e. The Labute approximate surface area is 235 Å². The van der Waals surface area contributed by atoms with Crippen LogP contribution in [-0.4, -0.2) is 148 Å². The topological polar surface area (TPSA) is 300 Å². The monoisotopic (exact) mass is 601 g/mol. The Morgan fingerprint density at radius 1 is 1.00 bits per heavy atom. The summed E-state index contributed by atoms with van der Waals surface area (Å²) in [5.41, 5.74) is 0. The maximum atomic E-state index is 11.6. The van der Waals surface area contributed by atoms with Crippen molar-refractivity contribution in [2.45, 2.75) is 101 Å². The molecule has 0 radical (unpaired) electrons. The Balaban J connectivity index is 2.93. The average Bonchev–Trinajstić information content (AvgIpc) is 2.91. The molecule has 1 heterocycles. The van der Waals surface area contributed by atoms with Crippen LogP contribution < -0.4 is 5.32 Å². The van der Waals surface area contributed by atoms with Gasteiger partial charge in [-0.25, -0.2) is 0 Å². The fourth-order valence-corrected chi connectivity index (χ4v) is 4.06. The smallest absolute Gasteiger partial charge is 0.218 e. The second-order valence-electron chi connectivity index (χ2n) is 9.81. The van der Waals surface area contributed by atoms with Crippen molar-refractivity contribution in [3.8, 4) is 0 Å². The van der Waals surface area contributed by atoms with E-state index in [0.29, 0.717) is 0 Å². The Kier molecular flexibility index (Phi) is 14.7. The molecular weight excluding hydrogens is 558 g/mol. The van der Waals surface area contributed by atoms with Gasteiger partial charge in [0, 0.05) is 32.8 Å². The van der Waals surface area contributed by atoms with Crippen LogP contribution in [0, 0.1) is 0 Å². The summed E-state index contributed by atoms with van der Waals surface area (Å²) in [7, 11) is 0. The highest BCUT2D eigenvalue weighted by Crippen LogP contribution is 2.33. The van der Waals surface area contributed by atoms with Gasteiger partial charge in [0.2, 0.25) is 12.2 Å². The predicted octanol–water partition coefficient (Wildman–Crippen LogP) is -3.04. The first-order valence-electron chi connectivity index (χ1n) is 12.8. The Bertz CT molecular complexity index is 897. The summed E-state index contributed by atoms with van der Waals surface area (Å²) in [6.45, 7) is 1.76. The number of carbonyl (C=O) groups excluding carboxylic acids is 1. The van der Waals surface area contributed by atoms with Gasteiger partial charge in [-0.3, -0.25) is 4.79 Å². The number of hydrogen-bond acceptors (Lipinski definition) is 16. The number of amides is 1. The zero-order valence-electron chi connectivity index (χ0n) is 22.9. The van der Waals surface area contributed by atoms with Crippen LogP contribution in [0.5, 0.6) is 0 Å². The number of carbonyl (C=O) groups is 1. The highest BCUT2D eigenvalue weighted by Gasteiger charge is 2.49. The van der Waals surface area contributed by atoms with Crippen molar-refractivity contribution in [3.63, 3.8) is 0 Å². The lowest BCUT2D eigenvalue weighted by Crippen LogP contribution is -2.65. The minimum atomic E-state index is -2.36. The van der Waals surface area contributed by atoms with Gasteiger partial charge in [-0.15, -0.1) is 0 Å². The Hall–Kier alpha value is -2.29. The predicted molar refractivity (Wildman–Crippen MR) is 136 cm³/mol. The van der Waals surface area contributed by atoms with E-state index in [-0.39, 0.29) is 6.42 Å². The fraction of sp³-hybridized carbons (Fsp3) is 0.792. The van der Waals surface area contributed by atoms with Crippen molar-refractivity contribution in [3.05, 3.63) is 23.0 Å². The van der Waals surface area contributed by atoms with Crippen LogP contribution in [0.25, 0.3) is 0 Å². The van der Waals surface area contributed by atoms with E-state index in [9.17, 15) is 61.0 Å². The molecule has 0 aromatic carbocycles. The third-order valence-electron chi connectivity index (χ3n) is 6.28. The number of aliphatic hydroxyl groups is 12. The van der Waals surface area contributed by atoms with Crippen molar-refractivity contribution >= 4 is 5.91 Å². The van der Waals surface area contributed by atoms with Gasteiger partial charge in [-0.2, -0.15) is 0 Å². The highest BCUT2D eigenvalue weighted by molar-refractivity contribution is 5.73. The van der Waals surface area contributed by atoms with Gasteiger partial charge < -0.3 is 80.8 Å². The van der Waals surface area contributed by atoms with E-state index in [1.807, 2.05) is 0 Å². The van der Waals surface area contributed by atoms with E-state index in [4.69, 9.17) is 19.3 Å². The van der Waals surface area contributed by atoms with Gasteiger partial charge >= 0.3 is 0 Å². The van der Waals surface area contributed by atoms with Gasteiger partial charge in [-0.05, 0) is 13.8 Å². The summed E-state index contributed by atoms with van der Waals surface area (Å²) in [6, 6.07) is -1.18. The number of ether oxygens (including phenoxy) is 3. The summed E-state index contributed by atoms with van der Waals surface area (Å²) >= 11 is 0. The first-order chi connectivity index (χ1) is 19.0. The number of hydrogen-bond donors (Lipinski definition) is 13. The molecule has 0 aliphatic carbocycles. The SMILES string of the molecule is CC(=O)NC1C(O)CC(C)(OCCC(O)C(O)=C(O)C(O)OC(CCO)C(O)=C(O)C(C)O)OC1C(O)C(O)CO. The lowest BCUT2D eigenvalue weighted by atomic mass is 9.89. The summed E-state index contributed by atoms with van der Waals surface area (Å²) in [4.78, 5) is 11.6. The molecule has 1 aliphatic heterocycles. The summed E-state index contributed by atoms with van der Waals surface area (Å²) < 4.78 is 16.3. The lowest BCUT2D eigenvalue weighted by Gasteiger charge is -2.47. The third kappa shape index (κ3) is 10.5. The van der Waals surface area contributed by atoms with Crippen LogP contribution in [0.1, 0.15) is 40.0 Å². The molecule has 17 nitrogen and oxygen atoms in total. The Morgan fingerprint density at radius 2 is 1.61 bits per heavy atom. The molecule has 41 heavy (non-hydrogen) atoms. The van der Waals surface area contributed by atoms with Crippen LogP contribution >= 0.6 is 0 Å². The fourth-order valence-electron chi connectivity index (χ4n) is 4.06. The maximum absolute atomic E-state index is 11.6. The van der Waals surface area contributed by atoms with Gasteiger partial charge in [0.1, 0.15) is 36.6 Å². The van der Waals surface area contributed by atoms with Crippen molar-refractivity contribution in [1.29, 1.82) is 0 Å². The van der Waals surface area contributed by atoms with Crippen LogP contribution in [0.4, 0.5) is 0 Å². The van der Waals surface area contributed by atoms with Crippen molar-refractivity contribution < 1.29 is 80.3 Å². The molecule has 0 spiro atoms. The summed E-state index contributed by atoms with van der Waals surface area (Å²) in [5, 5.41) is 121. The highest BCUT2D eigenvalue weighted by atomic mass is 16.7. The van der Waals surface area contributed by atoms with Crippen molar-refractivity contribution in [2.75, 3.05) is 19.8 Å². The van der Waals surface area contributed by atoms with E-state index in [1.165, 1.54) is 6.92 Å². The van der Waals surface area contributed by atoms with Crippen LogP contribution in [0.2, 0.25) is 0 Å². The first-order valence-corrected chi connectivity index (χ1v) is 12.8. The van der Waals surface area contributed by atoms with Crippen LogP contribution in [0.15, 0.2) is 23.0 Å². The van der Waals surface area contributed by atoms with E-state index in [0.717, 1.165) is 13.8 Å². The van der Waals surface area contributed by atoms with Gasteiger partial charge in [0.15, 0.2) is 28.8 Å². The summed E-state index contributed by atoms with van der Waals surface area (Å²) in [5.74, 6) is -6.54. The minimum absolute atomic E-state index is 0.255. The molecule has 13 N–H and O–H groups in total. The molecule has 1 fully saturated rings. The molecule has 10 unspecified atom stereocenters. The molecule has 0 aromatic rings. The molecule has 1 saturated heterocycles. The number of rotatable bonds is 16.